The van der Waals surface area contributed by atoms with Gasteiger partial charge in [-0.2, -0.15) is 0 Å². The van der Waals surface area contributed by atoms with Gasteiger partial charge in [-0.3, -0.25) is 4.79 Å². The van der Waals surface area contributed by atoms with E-state index >= 15 is 0 Å². The van der Waals surface area contributed by atoms with Gasteiger partial charge in [0.2, 0.25) is 5.91 Å². The molecule has 25 heavy (non-hydrogen) atoms. The molecule has 0 unspecified atom stereocenters. The first kappa shape index (κ1) is 17.1. The van der Waals surface area contributed by atoms with Gasteiger partial charge in [-0.1, -0.05) is 17.7 Å². The molecule has 1 aromatic carbocycles. The van der Waals surface area contributed by atoms with Crippen molar-refractivity contribution in [1.82, 2.24) is 14.7 Å². The van der Waals surface area contributed by atoms with Crippen LogP contribution in [-0.4, -0.2) is 29.5 Å². The Labute approximate surface area is 150 Å². The number of benzene rings is 1. The van der Waals surface area contributed by atoms with Crippen LogP contribution in [0.2, 0.25) is 5.02 Å². The number of pyridine rings is 1. The Hall–Kier alpha value is -2.73. The number of halogens is 1. The Morgan fingerprint density at radius 1 is 1.16 bits per heavy atom. The molecule has 3 aromatic rings. The third kappa shape index (κ3) is 4.03. The molecular formula is C18H18ClN3O3. The molecule has 7 heteroatoms. The van der Waals surface area contributed by atoms with E-state index in [1.54, 1.807) is 38.6 Å². The van der Waals surface area contributed by atoms with E-state index in [1.807, 2.05) is 22.7 Å². The van der Waals surface area contributed by atoms with E-state index in [-0.39, 0.29) is 12.3 Å². The number of methoxy groups -OCH3 is 2. The van der Waals surface area contributed by atoms with Crippen molar-refractivity contribution >= 4 is 23.2 Å². The summed E-state index contributed by atoms with van der Waals surface area (Å²) in [4.78, 5) is 16.6. The van der Waals surface area contributed by atoms with Gasteiger partial charge in [0, 0.05) is 12.4 Å². The highest BCUT2D eigenvalue weighted by molar-refractivity contribution is 6.30. The first-order valence-corrected chi connectivity index (χ1v) is 8.07. The fourth-order valence-corrected chi connectivity index (χ4v) is 2.70. The minimum atomic E-state index is -0.0951. The van der Waals surface area contributed by atoms with Crippen LogP contribution in [0.1, 0.15) is 11.3 Å². The Morgan fingerprint density at radius 2 is 1.96 bits per heavy atom. The summed E-state index contributed by atoms with van der Waals surface area (Å²) in [5, 5.41) is 3.50. The number of amides is 1. The predicted molar refractivity (Wildman–Crippen MR) is 95.3 cm³/mol. The lowest BCUT2D eigenvalue weighted by atomic mass is 10.1. The summed E-state index contributed by atoms with van der Waals surface area (Å²) in [6.07, 6.45) is 3.87. The molecule has 0 saturated carbocycles. The highest BCUT2D eigenvalue weighted by Gasteiger charge is 2.09. The van der Waals surface area contributed by atoms with E-state index in [4.69, 9.17) is 21.1 Å². The van der Waals surface area contributed by atoms with Crippen LogP contribution in [-0.2, 0) is 17.8 Å². The minimum Gasteiger partial charge on any atom is -0.493 e. The van der Waals surface area contributed by atoms with Crippen molar-refractivity contribution in [1.29, 1.82) is 0 Å². The van der Waals surface area contributed by atoms with Crippen molar-refractivity contribution in [3.8, 4) is 11.5 Å². The van der Waals surface area contributed by atoms with Gasteiger partial charge in [-0.05, 0) is 29.8 Å². The summed E-state index contributed by atoms with van der Waals surface area (Å²) >= 11 is 5.95. The standard InChI is InChI=1S/C18H18ClN3O3/c1-24-15-5-3-12(7-16(15)25-2)8-18(23)20-9-14-11-22-10-13(19)4-6-17(22)21-14/h3-7,10-11H,8-9H2,1-2H3,(H,20,23). The van der Waals surface area contributed by atoms with Gasteiger partial charge in [0.25, 0.3) is 0 Å². The lowest BCUT2D eigenvalue weighted by Gasteiger charge is -2.09. The molecule has 0 aliphatic heterocycles. The van der Waals surface area contributed by atoms with Crippen LogP contribution in [0.15, 0.2) is 42.7 Å². The number of fused-ring (bicyclic) bond motifs is 1. The Bertz CT molecular complexity index is 908. The smallest absolute Gasteiger partial charge is 0.224 e. The normalized spacial score (nSPS) is 10.7. The first-order valence-electron chi connectivity index (χ1n) is 7.70. The molecular weight excluding hydrogens is 342 g/mol. The zero-order chi connectivity index (χ0) is 17.8. The van der Waals surface area contributed by atoms with Crippen molar-refractivity contribution in [2.45, 2.75) is 13.0 Å². The number of carbonyl (C=O) groups is 1. The monoisotopic (exact) mass is 359 g/mol. The van der Waals surface area contributed by atoms with Crippen molar-refractivity contribution < 1.29 is 14.3 Å². The zero-order valence-corrected chi connectivity index (χ0v) is 14.7. The molecule has 2 aromatic heterocycles. The fourth-order valence-electron chi connectivity index (χ4n) is 2.53. The summed E-state index contributed by atoms with van der Waals surface area (Å²) in [6, 6.07) is 9.03. The Kier molecular flexibility index (Phi) is 5.09. The molecule has 1 N–H and O–H groups in total. The molecule has 0 aliphatic carbocycles. The second-order valence-corrected chi connectivity index (χ2v) is 5.92. The van der Waals surface area contributed by atoms with Crippen molar-refractivity contribution in [3.05, 3.63) is 59.0 Å². The molecule has 0 bridgehead atoms. The van der Waals surface area contributed by atoms with Gasteiger partial charge in [0.05, 0.1) is 37.9 Å². The quantitative estimate of drug-likeness (QED) is 0.735. The van der Waals surface area contributed by atoms with Crippen molar-refractivity contribution in [3.63, 3.8) is 0 Å². The molecule has 0 aliphatic rings. The van der Waals surface area contributed by atoms with E-state index in [2.05, 4.69) is 10.3 Å². The molecule has 3 rings (SSSR count). The number of carbonyl (C=O) groups excluding carboxylic acids is 1. The molecule has 0 atom stereocenters. The van der Waals surface area contributed by atoms with Gasteiger partial charge in [-0.25, -0.2) is 4.98 Å². The number of hydrogen-bond acceptors (Lipinski definition) is 4. The van der Waals surface area contributed by atoms with Crippen LogP contribution in [0.3, 0.4) is 0 Å². The van der Waals surface area contributed by atoms with E-state index in [0.29, 0.717) is 23.1 Å². The van der Waals surface area contributed by atoms with Crippen LogP contribution in [0.25, 0.3) is 5.65 Å². The number of rotatable bonds is 6. The number of nitrogens with one attached hydrogen (secondary N) is 1. The van der Waals surface area contributed by atoms with Crippen molar-refractivity contribution in [2.24, 2.45) is 0 Å². The summed E-state index contributed by atoms with van der Waals surface area (Å²) in [5.74, 6) is 1.14. The van der Waals surface area contributed by atoms with Gasteiger partial charge < -0.3 is 19.2 Å². The van der Waals surface area contributed by atoms with E-state index < -0.39 is 0 Å². The predicted octanol–water partition coefficient (Wildman–Crippen LogP) is 2.86. The largest absolute Gasteiger partial charge is 0.493 e. The Morgan fingerprint density at radius 3 is 2.72 bits per heavy atom. The minimum absolute atomic E-state index is 0.0951. The molecule has 0 saturated heterocycles. The van der Waals surface area contributed by atoms with Crippen LogP contribution in [0.4, 0.5) is 0 Å². The van der Waals surface area contributed by atoms with E-state index in [1.165, 1.54) is 0 Å². The summed E-state index contributed by atoms with van der Waals surface area (Å²) in [7, 11) is 3.14. The van der Waals surface area contributed by atoms with Gasteiger partial charge in [0.15, 0.2) is 11.5 Å². The third-order valence-electron chi connectivity index (χ3n) is 3.74. The lowest BCUT2D eigenvalue weighted by Crippen LogP contribution is -2.24. The Balaban J connectivity index is 1.62. The maximum Gasteiger partial charge on any atom is 0.224 e. The molecule has 1 amide bonds. The van der Waals surface area contributed by atoms with Crippen LogP contribution in [0, 0.1) is 0 Å². The number of imidazole rings is 1. The van der Waals surface area contributed by atoms with Gasteiger partial charge >= 0.3 is 0 Å². The molecule has 6 nitrogen and oxygen atoms in total. The molecule has 0 radical (unpaired) electrons. The third-order valence-corrected chi connectivity index (χ3v) is 3.97. The highest BCUT2D eigenvalue weighted by Crippen LogP contribution is 2.27. The maximum atomic E-state index is 12.2. The van der Waals surface area contributed by atoms with Crippen LogP contribution >= 0.6 is 11.6 Å². The highest BCUT2D eigenvalue weighted by atomic mass is 35.5. The first-order chi connectivity index (χ1) is 12.1. The summed E-state index contributed by atoms with van der Waals surface area (Å²) in [6.45, 7) is 0.353. The second-order valence-electron chi connectivity index (χ2n) is 5.49. The SMILES string of the molecule is COc1ccc(CC(=O)NCc2cn3cc(Cl)ccc3n2)cc1OC. The number of ether oxygens (including phenoxy) is 2. The average Bonchev–Trinajstić information content (AvgIpc) is 3.01. The van der Waals surface area contributed by atoms with Gasteiger partial charge in [0.1, 0.15) is 5.65 Å². The molecule has 2 heterocycles. The maximum absolute atomic E-state index is 12.2. The van der Waals surface area contributed by atoms with Crippen molar-refractivity contribution in [2.75, 3.05) is 14.2 Å². The lowest BCUT2D eigenvalue weighted by molar-refractivity contribution is -0.120. The number of aromatic nitrogens is 2. The molecule has 0 fully saturated rings. The fraction of sp³-hybridized carbons (Fsp3) is 0.222. The van der Waals surface area contributed by atoms with Gasteiger partial charge in [-0.15, -0.1) is 0 Å². The summed E-state index contributed by atoms with van der Waals surface area (Å²) in [5.41, 5.74) is 2.40. The average molecular weight is 360 g/mol. The summed E-state index contributed by atoms with van der Waals surface area (Å²) < 4.78 is 12.3. The number of nitrogens with zero attached hydrogens (tertiary/aromatic N) is 2. The van der Waals surface area contributed by atoms with E-state index in [9.17, 15) is 4.79 Å². The second kappa shape index (κ2) is 7.44. The molecule has 0 spiro atoms. The van der Waals surface area contributed by atoms with Crippen LogP contribution < -0.4 is 14.8 Å². The topological polar surface area (TPSA) is 64.9 Å². The zero-order valence-electron chi connectivity index (χ0n) is 14.0. The number of hydrogen-bond donors (Lipinski definition) is 1. The molecule has 130 valence electrons. The van der Waals surface area contributed by atoms with Crippen LogP contribution in [0.5, 0.6) is 11.5 Å². The van der Waals surface area contributed by atoms with E-state index in [0.717, 1.165) is 16.9 Å².